The SMILES string of the molecule is CC(O)CC(=O)N1CCCC1.Oc1ccc(Cl)c(Cl)c1. The van der Waals surface area contributed by atoms with E-state index in [2.05, 4.69) is 0 Å². The van der Waals surface area contributed by atoms with Crippen LogP contribution in [-0.2, 0) is 4.79 Å². The molecular weight excluding hydrogens is 301 g/mol. The van der Waals surface area contributed by atoms with Gasteiger partial charge in [0.05, 0.1) is 22.6 Å². The maximum Gasteiger partial charge on any atom is 0.225 e. The quantitative estimate of drug-likeness (QED) is 0.880. The molecule has 1 amide bonds. The van der Waals surface area contributed by atoms with Gasteiger partial charge in [-0.05, 0) is 38.0 Å². The van der Waals surface area contributed by atoms with Gasteiger partial charge in [0.1, 0.15) is 5.75 Å². The van der Waals surface area contributed by atoms with Crippen molar-refractivity contribution in [3.8, 4) is 5.75 Å². The van der Waals surface area contributed by atoms with Crippen LogP contribution in [0.1, 0.15) is 26.2 Å². The summed E-state index contributed by atoms with van der Waals surface area (Å²) < 4.78 is 0. The third-order valence-electron chi connectivity index (χ3n) is 2.83. The Morgan fingerprint density at radius 3 is 2.35 bits per heavy atom. The number of nitrogens with zero attached hydrogens (tertiary/aromatic N) is 1. The number of hydrogen-bond acceptors (Lipinski definition) is 3. The van der Waals surface area contributed by atoms with Gasteiger partial charge in [0.15, 0.2) is 0 Å². The summed E-state index contributed by atoms with van der Waals surface area (Å²) in [4.78, 5) is 13.0. The average Bonchev–Trinajstić information content (AvgIpc) is 2.88. The Bertz CT molecular complexity index is 446. The summed E-state index contributed by atoms with van der Waals surface area (Å²) >= 11 is 11.1. The second-order valence-corrected chi connectivity index (χ2v) is 5.55. The smallest absolute Gasteiger partial charge is 0.225 e. The number of aliphatic hydroxyl groups is 1. The molecule has 1 saturated heterocycles. The molecule has 0 spiro atoms. The van der Waals surface area contributed by atoms with Crippen LogP contribution in [0.25, 0.3) is 0 Å². The molecule has 1 unspecified atom stereocenters. The monoisotopic (exact) mass is 319 g/mol. The summed E-state index contributed by atoms with van der Waals surface area (Å²) in [5.74, 6) is 0.224. The van der Waals surface area contributed by atoms with Crippen molar-refractivity contribution in [3.63, 3.8) is 0 Å². The molecule has 2 rings (SSSR count). The molecule has 1 aliphatic rings. The molecule has 1 aromatic carbocycles. The van der Waals surface area contributed by atoms with Crippen molar-refractivity contribution >= 4 is 29.1 Å². The fourth-order valence-corrected chi connectivity index (χ4v) is 2.13. The first-order valence-corrected chi connectivity index (χ1v) is 7.25. The van der Waals surface area contributed by atoms with Gasteiger partial charge in [-0.15, -0.1) is 0 Å². The molecule has 1 heterocycles. The molecule has 4 nitrogen and oxygen atoms in total. The van der Waals surface area contributed by atoms with E-state index in [1.54, 1.807) is 13.0 Å². The maximum atomic E-state index is 11.2. The first kappa shape index (κ1) is 17.1. The first-order valence-electron chi connectivity index (χ1n) is 6.50. The zero-order valence-corrected chi connectivity index (χ0v) is 12.9. The predicted octanol–water partition coefficient (Wildman–Crippen LogP) is 3.08. The van der Waals surface area contributed by atoms with Gasteiger partial charge in [0.25, 0.3) is 0 Å². The lowest BCUT2D eigenvalue weighted by molar-refractivity contribution is -0.131. The van der Waals surface area contributed by atoms with E-state index in [1.807, 2.05) is 4.90 Å². The van der Waals surface area contributed by atoms with E-state index in [0.717, 1.165) is 25.9 Å². The zero-order chi connectivity index (χ0) is 15.1. The van der Waals surface area contributed by atoms with E-state index in [-0.39, 0.29) is 18.1 Å². The van der Waals surface area contributed by atoms with Crippen molar-refractivity contribution in [1.29, 1.82) is 0 Å². The molecule has 0 aliphatic carbocycles. The predicted molar refractivity (Wildman–Crippen MR) is 80.2 cm³/mol. The van der Waals surface area contributed by atoms with Crippen LogP contribution in [0.5, 0.6) is 5.75 Å². The van der Waals surface area contributed by atoms with Gasteiger partial charge in [0, 0.05) is 13.1 Å². The van der Waals surface area contributed by atoms with E-state index >= 15 is 0 Å². The molecule has 1 atom stereocenters. The van der Waals surface area contributed by atoms with Crippen molar-refractivity contribution in [3.05, 3.63) is 28.2 Å². The molecule has 2 N–H and O–H groups in total. The highest BCUT2D eigenvalue weighted by atomic mass is 35.5. The van der Waals surface area contributed by atoms with Gasteiger partial charge in [-0.2, -0.15) is 0 Å². The lowest BCUT2D eigenvalue weighted by atomic mass is 10.2. The molecule has 0 aromatic heterocycles. The Kier molecular flexibility index (Phi) is 7.13. The fraction of sp³-hybridized carbons (Fsp3) is 0.500. The van der Waals surface area contributed by atoms with Crippen molar-refractivity contribution in [2.45, 2.75) is 32.3 Å². The number of aliphatic hydroxyl groups excluding tert-OH is 1. The summed E-state index contributed by atoms with van der Waals surface area (Å²) in [5.41, 5.74) is 0. The van der Waals surface area contributed by atoms with Crippen molar-refractivity contribution < 1.29 is 15.0 Å². The summed E-state index contributed by atoms with van der Waals surface area (Å²) in [6.07, 6.45) is 2.01. The fourth-order valence-electron chi connectivity index (χ4n) is 1.83. The van der Waals surface area contributed by atoms with Crippen LogP contribution in [0.2, 0.25) is 10.0 Å². The highest BCUT2D eigenvalue weighted by Gasteiger charge is 2.18. The lowest BCUT2D eigenvalue weighted by Gasteiger charge is -2.15. The number of phenols is 1. The topological polar surface area (TPSA) is 60.8 Å². The van der Waals surface area contributed by atoms with Gasteiger partial charge in [-0.3, -0.25) is 4.79 Å². The number of rotatable bonds is 2. The lowest BCUT2D eigenvalue weighted by Crippen LogP contribution is -2.29. The molecule has 6 heteroatoms. The molecule has 0 radical (unpaired) electrons. The molecule has 112 valence electrons. The van der Waals surface area contributed by atoms with E-state index < -0.39 is 6.10 Å². The van der Waals surface area contributed by atoms with Gasteiger partial charge in [-0.25, -0.2) is 0 Å². The number of halogens is 2. The van der Waals surface area contributed by atoms with Crippen LogP contribution in [-0.4, -0.2) is 40.2 Å². The van der Waals surface area contributed by atoms with Gasteiger partial charge < -0.3 is 15.1 Å². The highest BCUT2D eigenvalue weighted by molar-refractivity contribution is 6.42. The minimum absolute atomic E-state index is 0.0949. The van der Waals surface area contributed by atoms with Crippen LogP contribution in [0, 0.1) is 0 Å². The number of carbonyl (C=O) groups is 1. The number of phenolic OH excluding ortho intramolecular Hbond substituents is 1. The molecule has 20 heavy (non-hydrogen) atoms. The third-order valence-corrected chi connectivity index (χ3v) is 3.57. The first-order chi connectivity index (χ1) is 9.40. The molecule has 1 aliphatic heterocycles. The Morgan fingerprint density at radius 1 is 1.30 bits per heavy atom. The molecular formula is C14H19Cl2NO3. The Balaban J connectivity index is 0.000000204. The summed E-state index contributed by atoms with van der Waals surface area (Å²) in [6.45, 7) is 3.41. The maximum absolute atomic E-state index is 11.2. The summed E-state index contributed by atoms with van der Waals surface area (Å²) in [6, 6.07) is 4.41. The van der Waals surface area contributed by atoms with E-state index in [0.29, 0.717) is 10.0 Å². The molecule has 1 fully saturated rings. The van der Waals surface area contributed by atoms with Crippen molar-refractivity contribution in [1.82, 2.24) is 4.90 Å². The van der Waals surface area contributed by atoms with Crippen LogP contribution in [0.4, 0.5) is 0 Å². The van der Waals surface area contributed by atoms with Crippen molar-refractivity contribution in [2.24, 2.45) is 0 Å². The van der Waals surface area contributed by atoms with Gasteiger partial charge in [-0.1, -0.05) is 23.2 Å². The standard InChI is InChI=1S/C8H15NO2.C6H4Cl2O/c1-7(10)6-8(11)9-4-2-3-5-9;7-5-2-1-4(9)3-6(5)8/h7,10H,2-6H2,1H3;1-3,9H. The Labute approximate surface area is 128 Å². The number of likely N-dealkylation sites (tertiary alicyclic amines) is 1. The number of amides is 1. The van der Waals surface area contributed by atoms with Gasteiger partial charge >= 0.3 is 0 Å². The molecule has 1 aromatic rings. The summed E-state index contributed by atoms with van der Waals surface area (Å²) in [7, 11) is 0. The van der Waals surface area contributed by atoms with E-state index in [9.17, 15) is 4.79 Å². The molecule has 0 saturated carbocycles. The van der Waals surface area contributed by atoms with E-state index in [1.165, 1.54) is 12.1 Å². The van der Waals surface area contributed by atoms with E-state index in [4.69, 9.17) is 33.4 Å². The number of benzene rings is 1. The van der Waals surface area contributed by atoms with Crippen LogP contribution in [0.3, 0.4) is 0 Å². The highest BCUT2D eigenvalue weighted by Crippen LogP contribution is 2.25. The van der Waals surface area contributed by atoms with Crippen LogP contribution >= 0.6 is 23.2 Å². The molecule has 0 bridgehead atoms. The van der Waals surface area contributed by atoms with Crippen LogP contribution < -0.4 is 0 Å². The Morgan fingerprint density at radius 2 is 1.90 bits per heavy atom. The number of carbonyl (C=O) groups excluding carboxylic acids is 1. The second kappa shape index (κ2) is 8.35. The average molecular weight is 320 g/mol. The largest absolute Gasteiger partial charge is 0.508 e. The minimum atomic E-state index is -0.497. The second-order valence-electron chi connectivity index (χ2n) is 4.74. The van der Waals surface area contributed by atoms with Crippen LogP contribution in [0.15, 0.2) is 18.2 Å². The zero-order valence-electron chi connectivity index (χ0n) is 11.4. The van der Waals surface area contributed by atoms with Crippen molar-refractivity contribution in [2.75, 3.05) is 13.1 Å². The normalized spacial score (nSPS) is 15.5. The minimum Gasteiger partial charge on any atom is -0.508 e. The summed E-state index contributed by atoms with van der Waals surface area (Å²) in [5, 5.41) is 18.6. The number of hydrogen-bond donors (Lipinski definition) is 2. The van der Waals surface area contributed by atoms with Gasteiger partial charge in [0.2, 0.25) is 5.91 Å². The third kappa shape index (κ3) is 5.99. The number of aromatic hydroxyl groups is 1. The Hall–Kier alpha value is -0.970.